The zero-order valence-corrected chi connectivity index (χ0v) is 15.4. The number of nitrogens with zero attached hydrogens (tertiary/aromatic N) is 1. The van der Waals surface area contributed by atoms with E-state index in [2.05, 4.69) is 4.90 Å². The molecule has 0 spiro atoms. The second-order valence-electron chi connectivity index (χ2n) is 6.66. The van der Waals surface area contributed by atoms with E-state index in [4.69, 9.17) is 14.2 Å². The summed E-state index contributed by atoms with van der Waals surface area (Å²) in [5.41, 5.74) is 1.12. The Labute approximate surface area is 155 Å². The van der Waals surface area contributed by atoms with Crippen molar-refractivity contribution in [1.29, 1.82) is 0 Å². The van der Waals surface area contributed by atoms with E-state index in [-0.39, 0.29) is 6.61 Å². The van der Waals surface area contributed by atoms with Gasteiger partial charge in [0.25, 0.3) is 0 Å². The summed E-state index contributed by atoms with van der Waals surface area (Å²) in [6.07, 6.45) is 1.81. The van der Waals surface area contributed by atoms with Crippen molar-refractivity contribution < 1.29 is 19.3 Å². The third-order valence-corrected chi connectivity index (χ3v) is 4.49. The highest BCUT2D eigenvalue weighted by molar-refractivity contribution is 5.38. The van der Waals surface area contributed by atoms with Crippen molar-refractivity contribution >= 4 is 0 Å². The minimum atomic E-state index is -0.539. The quantitative estimate of drug-likeness (QED) is 0.708. The van der Waals surface area contributed by atoms with Gasteiger partial charge >= 0.3 is 0 Å². The predicted molar refractivity (Wildman–Crippen MR) is 101 cm³/mol. The number of ether oxygens (including phenoxy) is 3. The molecule has 5 heteroatoms. The smallest absolute Gasteiger partial charge is 0.122 e. The predicted octanol–water partition coefficient (Wildman–Crippen LogP) is 3.11. The molecule has 0 amide bonds. The van der Waals surface area contributed by atoms with Crippen LogP contribution in [-0.2, 0) is 6.54 Å². The Morgan fingerprint density at radius 2 is 1.65 bits per heavy atom. The molecule has 1 aliphatic carbocycles. The lowest BCUT2D eigenvalue weighted by atomic mass is 10.1. The Hall–Kier alpha value is -2.24. The van der Waals surface area contributed by atoms with Crippen LogP contribution in [0, 0.1) is 0 Å². The third-order valence-electron chi connectivity index (χ3n) is 4.49. The van der Waals surface area contributed by atoms with Gasteiger partial charge in [-0.25, -0.2) is 0 Å². The lowest BCUT2D eigenvalue weighted by Gasteiger charge is -2.25. The van der Waals surface area contributed by atoms with E-state index in [1.165, 1.54) is 12.8 Å². The van der Waals surface area contributed by atoms with Gasteiger partial charge in [-0.15, -0.1) is 0 Å². The van der Waals surface area contributed by atoms with Gasteiger partial charge in [0.2, 0.25) is 0 Å². The zero-order valence-electron chi connectivity index (χ0n) is 15.4. The first-order valence-electron chi connectivity index (χ1n) is 9.00. The molecule has 0 heterocycles. The average molecular weight is 357 g/mol. The van der Waals surface area contributed by atoms with Crippen LogP contribution in [0.3, 0.4) is 0 Å². The standard InChI is InChI=1S/C21H27NO4/c1-24-20-10-16(11-21(12-20)25-2)13-22(17-8-9-17)14-18(23)15-26-19-6-4-3-5-7-19/h3-7,10-12,17-18,23H,8-9,13-15H2,1-2H3. The van der Waals surface area contributed by atoms with Crippen LogP contribution in [-0.4, -0.2) is 49.5 Å². The molecule has 26 heavy (non-hydrogen) atoms. The third kappa shape index (κ3) is 5.38. The summed E-state index contributed by atoms with van der Waals surface area (Å²) in [5.74, 6) is 2.34. The van der Waals surface area contributed by atoms with E-state index in [0.717, 1.165) is 29.4 Å². The van der Waals surface area contributed by atoms with E-state index in [1.54, 1.807) is 14.2 Å². The van der Waals surface area contributed by atoms with Gasteiger partial charge < -0.3 is 19.3 Å². The highest BCUT2D eigenvalue weighted by Crippen LogP contribution is 2.30. The molecule has 0 saturated heterocycles. The van der Waals surface area contributed by atoms with Gasteiger partial charge in [0.15, 0.2) is 0 Å². The number of rotatable bonds is 10. The fourth-order valence-electron chi connectivity index (χ4n) is 3.01. The van der Waals surface area contributed by atoms with Gasteiger partial charge in [0, 0.05) is 25.2 Å². The largest absolute Gasteiger partial charge is 0.497 e. The second-order valence-corrected chi connectivity index (χ2v) is 6.66. The van der Waals surface area contributed by atoms with Gasteiger partial charge in [0.05, 0.1) is 14.2 Å². The van der Waals surface area contributed by atoms with Crippen LogP contribution in [0.1, 0.15) is 18.4 Å². The van der Waals surface area contributed by atoms with Gasteiger partial charge in [0.1, 0.15) is 30.0 Å². The van der Waals surface area contributed by atoms with Gasteiger partial charge in [-0.1, -0.05) is 18.2 Å². The van der Waals surface area contributed by atoms with Crippen LogP contribution in [0.5, 0.6) is 17.2 Å². The number of methoxy groups -OCH3 is 2. The van der Waals surface area contributed by atoms with Crippen LogP contribution in [0.2, 0.25) is 0 Å². The van der Waals surface area contributed by atoms with E-state index in [0.29, 0.717) is 12.6 Å². The highest BCUT2D eigenvalue weighted by Gasteiger charge is 2.30. The van der Waals surface area contributed by atoms with Crippen LogP contribution in [0.25, 0.3) is 0 Å². The minimum absolute atomic E-state index is 0.286. The molecule has 1 unspecified atom stereocenters. The number of hydrogen-bond acceptors (Lipinski definition) is 5. The Bertz CT molecular complexity index is 665. The first kappa shape index (κ1) is 18.5. The maximum atomic E-state index is 10.4. The lowest BCUT2D eigenvalue weighted by molar-refractivity contribution is 0.0626. The zero-order chi connectivity index (χ0) is 18.4. The number of benzene rings is 2. The fraction of sp³-hybridized carbons (Fsp3) is 0.429. The Morgan fingerprint density at radius 1 is 1.00 bits per heavy atom. The summed E-state index contributed by atoms with van der Waals surface area (Å²) < 4.78 is 16.4. The molecule has 2 aromatic carbocycles. The highest BCUT2D eigenvalue weighted by atomic mass is 16.5. The van der Waals surface area contributed by atoms with Crippen molar-refractivity contribution in [3.63, 3.8) is 0 Å². The molecule has 1 atom stereocenters. The molecule has 5 nitrogen and oxygen atoms in total. The topological polar surface area (TPSA) is 51.2 Å². The van der Waals surface area contributed by atoms with Crippen molar-refractivity contribution in [2.75, 3.05) is 27.4 Å². The van der Waals surface area contributed by atoms with E-state index >= 15 is 0 Å². The average Bonchev–Trinajstić information content (AvgIpc) is 3.51. The molecule has 2 aromatic rings. The molecule has 1 saturated carbocycles. The normalized spacial score (nSPS) is 14.9. The number of para-hydroxylation sites is 1. The summed E-state index contributed by atoms with van der Waals surface area (Å²) >= 11 is 0. The van der Waals surface area contributed by atoms with Crippen molar-refractivity contribution in [2.45, 2.75) is 31.5 Å². The van der Waals surface area contributed by atoms with Crippen molar-refractivity contribution in [3.05, 3.63) is 54.1 Å². The monoisotopic (exact) mass is 357 g/mol. The molecule has 0 radical (unpaired) electrons. The first-order valence-corrected chi connectivity index (χ1v) is 9.00. The van der Waals surface area contributed by atoms with Crippen molar-refractivity contribution in [2.24, 2.45) is 0 Å². The molecular formula is C21H27NO4. The summed E-state index contributed by atoms with van der Waals surface area (Å²) in [6, 6.07) is 16.0. The summed E-state index contributed by atoms with van der Waals surface area (Å²) in [7, 11) is 3.31. The van der Waals surface area contributed by atoms with Crippen LogP contribution >= 0.6 is 0 Å². The number of aliphatic hydroxyl groups excluding tert-OH is 1. The van der Waals surface area contributed by atoms with E-state index < -0.39 is 6.10 Å². The Morgan fingerprint density at radius 3 is 2.23 bits per heavy atom. The van der Waals surface area contributed by atoms with Crippen LogP contribution in [0.15, 0.2) is 48.5 Å². The lowest BCUT2D eigenvalue weighted by Crippen LogP contribution is -2.36. The van der Waals surface area contributed by atoms with Gasteiger partial charge in [-0.2, -0.15) is 0 Å². The molecular weight excluding hydrogens is 330 g/mol. The summed E-state index contributed by atoms with van der Waals surface area (Å²) in [6.45, 7) is 1.62. The maximum Gasteiger partial charge on any atom is 0.122 e. The Kier molecular flexibility index (Phi) is 6.36. The molecule has 0 aromatic heterocycles. The Balaban J connectivity index is 1.59. The van der Waals surface area contributed by atoms with Crippen molar-refractivity contribution in [3.8, 4) is 17.2 Å². The van der Waals surface area contributed by atoms with Gasteiger partial charge in [-0.05, 0) is 42.7 Å². The molecule has 1 fully saturated rings. The minimum Gasteiger partial charge on any atom is -0.497 e. The molecule has 0 aliphatic heterocycles. The maximum absolute atomic E-state index is 10.4. The molecule has 1 N–H and O–H groups in total. The van der Waals surface area contributed by atoms with Crippen LogP contribution in [0.4, 0.5) is 0 Å². The summed E-state index contributed by atoms with van der Waals surface area (Å²) in [5, 5.41) is 10.4. The number of hydrogen-bond donors (Lipinski definition) is 1. The SMILES string of the molecule is COc1cc(CN(CC(O)COc2ccccc2)C2CC2)cc(OC)c1. The first-order chi connectivity index (χ1) is 12.7. The molecule has 1 aliphatic rings. The fourth-order valence-corrected chi connectivity index (χ4v) is 3.01. The van der Waals surface area contributed by atoms with E-state index in [1.807, 2.05) is 48.5 Å². The van der Waals surface area contributed by atoms with Crippen molar-refractivity contribution in [1.82, 2.24) is 4.90 Å². The van der Waals surface area contributed by atoms with Crippen LogP contribution < -0.4 is 14.2 Å². The summed E-state index contributed by atoms with van der Waals surface area (Å²) in [4.78, 5) is 2.31. The molecule has 3 rings (SSSR count). The van der Waals surface area contributed by atoms with E-state index in [9.17, 15) is 5.11 Å². The molecule has 140 valence electrons. The molecule has 0 bridgehead atoms. The second kappa shape index (κ2) is 8.92. The number of aliphatic hydroxyl groups is 1. The van der Waals surface area contributed by atoms with Gasteiger partial charge in [-0.3, -0.25) is 4.90 Å².